The zero-order valence-electron chi connectivity index (χ0n) is 15.7. The molecule has 0 aromatic carbocycles. The van der Waals surface area contributed by atoms with Crippen LogP contribution in [0.1, 0.15) is 48.0 Å². The Balaban J connectivity index is 1.97. The van der Waals surface area contributed by atoms with Gasteiger partial charge in [-0.05, 0) is 25.7 Å². The second kappa shape index (κ2) is 6.30. The molecule has 1 saturated heterocycles. The lowest BCUT2D eigenvalue weighted by molar-refractivity contribution is -0.279. The number of nitrogens with zero attached hydrogens (tertiary/aromatic N) is 2. The van der Waals surface area contributed by atoms with E-state index in [0.717, 1.165) is 0 Å². The van der Waals surface area contributed by atoms with Crippen molar-refractivity contribution in [2.45, 2.75) is 71.4 Å². The van der Waals surface area contributed by atoms with Crippen LogP contribution in [0.4, 0.5) is 0 Å². The zero-order valence-corrected chi connectivity index (χ0v) is 15.7. The molecule has 0 spiro atoms. The molecule has 0 unspecified atom stereocenters. The molecule has 24 heavy (non-hydrogen) atoms. The van der Waals surface area contributed by atoms with Gasteiger partial charge in [0.1, 0.15) is 13.2 Å². The Morgan fingerprint density at radius 3 is 1.79 bits per heavy atom. The SMILES string of the molecule is CC(C)[C@@H]1COC(C2(C3=N[C@H](C(C)C)CO3)CCOC(C)(C)O2)=N1. The predicted octanol–water partition coefficient (Wildman–Crippen LogP) is 2.80. The van der Waals surface area contributed by atoms with Crippen molar-refractivity contribution >= 4 is 11.8 Å². The van der Waals surface area contributed by atoms with Crippen molar-refractivity contribution in [3.63, 3.8) is 0 Å². The van der Waals surface area contributed by atoms with Crippen LogP contribution in [0.15, 0.2) is 9.98 Å². The van der Waals surface area contributed by atoms with E-state index in [0.29, 0.717) is 49.9 Å². The Bertz CT molecular complexity index is 505. The minimum Gasteiger partial charge on any atom is -0.476 e. The Hall–Kier alpha value is -1.14. The number of ether oxygens (including phenoxy) is 4. The molecule has 0 bridgehead atoms. The number of hydrogen-bond donors (Lipinski definition) is 0. The summed E-state index contributed by atoms with van der Waals surface area (Å²) in [5.74, 6) is 1.30. The fraction of sp³-hybridized carbons (Fsp3) is 0.889. The lowest BCUT2D eigenvalue weighted by Crippen LogP contribution is -2.58. The second-order valence-corrected chi connectivity index (χ2v) is 8.04. The predicted molar refractivity (Wildman–Crippen MR) is 92.5 cm³/mol. The molecular weight excluding hydrogens is 308 g/mol. The lowest BCUT2D eigenvalue weighted by Gasteiger charge is -2.43. The Morgan fingerprint density at radius 2 is 1.42 bits per heavy atom. The number of hydrogen-bond acceptors (Lipinski definition) is 6. The van der Waals surface area contributed by atoms with Gasteiger partial charge >= 0.3 is 0 Å². The highest BCUT2D eigenvalue weighted by Crippen LogP contribution is 2.38. The Kier molecular flexibility index (Phi) is 4.64. The van der Waals surface area contributed by atoms with Gasteiger partial charge in [0.15, 0.2) is 5.79 Å². The van der Waals surface area contributed by atoms with Crippen molar-refractivity contribution in [2.75, 3.05) is 19.8 Å². The third kappa shape index (κ3) is 3.18. The van der Waals surface area contributed by atoms with Gasteiger partial charge in [-0.25, -0.2) is 9.98 Å². The molecule has 0 saturated carbocycles. The van der Waals surface area contributed by atoms with Gasteiger partial charge in [0.05, 0.1) is 18.7 Å². The summed E-state index contributed by atoms with van der Waals surface area (Å²) in [7, 11) is 0. The molecule has 3 aliphatic heterocycles. The average Bonchev–Trinajstić information content (AvgIpc) is 3.16. The van der Waals surface area contributed by atoms with Crippen molar-refractivity contribution < 1.29 is 18.9 Å². The summed E-state index contributed by atoms with van der Waals surface area (Å²) in [6, 6.07) is 0.295. The van der Waals surface area contributed by atoms with E-state index < -0.39 is 11.4 Å². The van der Waals surface area contributed by atoms with E-state index in [1.54, 1.807) is 0 Å². The van der Waals surface area contributed by atoms with Gasteiger partial charge in [0, 0.05) is 6.42 Å². The molecule has 0 radical (unpaired) electrons. The highest BCUT2D eigenvalue weighted by Gasteiger charge is 2.55. The van der Waals surface area contributed by atoms with Crippen LogP contribution in [0.2, 0.25) is 0 Å². The maximum absolute atomic E-state index is 6.35. The highest BCUT2D eigenvalue weighted by molar-refractivity contribution is 6.09. The zero-order chi connectivity index (χ0) is 17.5. The van der Waals surface area contributed by atoms with Crippen molar-refractivity contribution in [3.8, 4) is 0 Å². The van der Waals surface area contributed by atoms with Crippen LogP contribution in [0.5, 0.6) is 0 Å². The molecule has 0 aromatic rings. The van der Waals surface area contributed by atoms with Crippen LogP contribution in [0.25, 0.3) is 0 Å². The molecule has 3 aliphatic rings. The summed E-state index contributed by atoms with van der Waals surface area (Å²) in [4.78, 5) is 9.63. The molecule has 6 nitrogen and oxygen atoms in total. The van der Waals surface area contributed by atoms with E-state index >= 15 is 0 Å². The monoisotopic (exact) mass is 338 g/mol. The van der Waals surface area contributed by atoms with Gasteiger partial charge in [-0.3, -0.25) is 0 Å². The maximum atomic E-state index is 6.35. The van der Waals surface area contributed by atoms with Crippen LogP contribution in [0, 0.1) is 11.8 Å². The first kappa shape index (κ1) is 17.7. The smallest absolute Gasteiger partial charge is 0.227 e. The first-order valence-corrected chi connectivity index (χ1v) is 9.00. The summed E-state index contributed by atoms with van der Waals surface area (Å²) >= 11 is 0. The van der Waals surface area contributed by atoms with Gasteiger partial charge in [0.25, 0.3) is 0 Å². The van der Waals surface area contributed by atoms with E-state index in [-0.39, 0.29) is 12.1 Å². The van der Waals surface area contributed by atoms with Crippen LogP contribution < -0.4 is 0 Å². The van der Waals surface area contributed by atoms with Gasteiger partial charge in [0.2, 0.25) is 17.4 Å². The fourth-order valence-electron chi connectivity index (χ4n) is 3.24. The van der Waals surface area contributed by atoms with E-state index in [2.05, 4.69) is 27.7 Å². The van der Waals surface area contributed by atoms with Crippen molar-refractivity contribution in [1.29, 1.82) is 0 Å². The van der Waals surface area contributed by atoms with E-state index in [9.17, 15) is 0 Å². The minimum atomic E-state index is -0.866. The van der Waals surface area contributed by atoms with E-state index in [1.165, 1.54) is 0 Å². The normalized spacial score (nSPS) is 31.7. The van der Waals surface area contributed by atoms with Gasteiger partial charge in [-0.2, -0.15) is 0 Å². The molecule has 136 valence electrons. The minimum absolute atomic E-state index is 0.148. The van der Waals surface area contributed by atoms with E-state index in [1.807, 2.05) is 13.8 Å². The quantitative estimate of drug-likeness (QED) is 0.791. The summed E-state index contributed by atoms with van der Waals surface area (Å²) in [5.41, 5.74) is -0.866. The molecule has 0 aliphatic carbocycles. The van der Waals surface area contributed by atoms with Crippen LogP contribution in [-0.4, -0.2) is 55.1 Å². The van der Waals surface area contributed by atoms with Gasteiger partial charge < -0.3 is 18.9 Å². The standard InChI is InChI=1S/C18H30N2O4/c1-11(2)13-9-21-15(19-13)18(7-8-23-17(5,6)24-18)16-20-14(10-22-16)12(3)4/h11-14H,7-10H2,1-6H3/t13-,14-/m0/s1. The average molecular weight is 338 g/mol. The van der Waals surface area contributed by atoms with Crippen LogP contribution in [-0.2, 0) is 18.9 Å². The van der Waals surface area contributed by atoms with Crippen LogP contribution in [0.3, 0.4) is 0 Å². The molecule has 0 aromatic heterocycles. The number of aliphatic imine (C=N–C) groups is 2. The van der Waals surface area contributed by atoms with Crippen LogP contribution >= 0.6 is 0 Å². The lowest BCUT2D eigenvalue weighted by atomic mass is 9.96. The summed E-state index contributed by atoms with van der Waals surface area (Å²) in [5, 5.41) is 0. The van der Waals surface area contributed by atoms with Crippen molar-refractivity contribution in [1.82, 2.24) is 0 Å². The largest absolute Gasteiger partial charge is 0.476 e. The summed E-state index contributed by atoms with van der Waals surface area (Å²) in [6.45, 7) is 14.1. The van der Waals surface area contributed by atoms with Crippen molar-refractivity contribution in [2.24, 2.45) is 21.8 Å². The molecule has 3 rings (SSSR count). The third-order valence-electron chi connectivity index (χ3n) is 4.90. The molecule has 2 atom stereocenters. The number of rotatable bonds is 4. The van der Waals surface area contributed by atoms with Gasteiger partial charge in [-0.15, -0.1) is 0 Å². The molecule has 6 heteroatoms. The summed E-state index contributed by atoms with van der Waals surface area (Å²) in [6.07, 6.45) is 0.601. The molecular formula is C18H30N2O4. The fourth-order valence-corrected chi connectivity index (χ4v) is 3.24. The second-order valence-electron chi connectivity index (χ2n) is 8.04. The maximum Gasteiger partial charge on any atom is 0.227 e. The Labute approximate surface area is 144 Å². The molecule has 0 N–H and O–H groups in total. The first-order chi connectivity index (χ1) is 11.2. The molecule has 3 heterocycles. The highest BCUT2D eigenvalue weighted by atomic mass is 16.7. The third-order valence-corrected chi connectivity index (χ3v) is 4.90. The summed E-state index contributed by atoms with van der Waals surface area (Å²) < 4.78 is 24.1. The molecule has 0 amide bonds. The topological polar surface area (TPSA) is 61.6 Å². The first-order valence-electron chi connectivity index (χ1n) is 9.00. The van der Waals surface area contributed by atoms with Gasteiger partial charge in [-0.1, -0.05) is 27.7 Å². The van der Waals surface area contributed by atoms with E-state index in [4.69, 9.17) is 28.9 Å². The van der Waals surface area contributed by atoms with Crippen molar-refractivity contribution in [3.05, 3.63) is 0 Å². The Morgan fingerprint density at radius 1 is 0.917 bits per heavy atom. The molecule has 1 fully saturated rings.